The number of nitrogens with zero attached hydrogens (tertiary/aromatic N) is 3. The Hall–Kier alpha value is -3.10. The first-order valence-corrected chi connectivity index (χ1v) is 10.1. The van der Waals surface area contributed by atoms with Gasteiger partial charge in [-0.2, -0.15) is 0 Å². The van der Waals surface area contributed by atoms with Crippen molar-refractivity contribution in [1.29, 1.82) is 0 Å². The molecule has 3 aromatic rings. The molecule has 150 valence electrons. The van der Waals surface area contributed by atoms with Gasteiger partial charge >= 0.3 is 0 Å². The Bertz CT molecular complexity index is 1010. The second-order valence-corrected chi connectivity index (χ2v) is 6.97. The molecule has 0 bridgehead atoms. The molecular weight excluding hydrogens is 360 g/mol. The monoisotopic (exact) mass is 388 g/mol. The van der Waals surface area contributed by atoms with Crippen molar-refractivity contribution in [1.82, 2.24) is 14.9 Å². The predicted octanol–water partition coefficient (Wildman–Crippen LogP) is 4.03. The summed E-state index contributed by atoms with van der Waals surface area (Å²) in [5, 5.41) is 0. The van der Waals surface area contributed by atoms with Crippen LogP contribution < -0.4 is 10.5 Å². The molecule has 0 radical (unpaired) electrons. The highest BCUT2D eigenvalue weighted by molar-refractivity contribution is 5.79. The molecule has 0 fully saturated rings. The lowest BCUT2D eigenvalue weighted by atomic mass is 10.1. The predicted molar refractivity (Wildman–Crippen MR) is 119 cm³/mol. The van der Waals surface area contributed by atoms with Crippen LogP contribution in [0, 0.1) is 18.8 Å². The molecule has 0 aliphatic carbocycles. The van der Waals surface area contributed by atoms with Gasteiger partial charge in [-0.15, -0.1) is 0 Å². The van der Waals surface area contributed by atoms with E-state index in [0.717, 1.165) is 37.1 Å². The molecule has 0 atom stereocenters. The highest BCUT2D eigenvalue weighted by atomic mass is 16.5. The minimum absolute atomic E-state index is 0.474. The molecule has 0 aliphatic heterocycles. The van der Waals surface area contributed by atoms with Crippen LogP contribution in [0.3, 0.4) is 0 Å². The Morgan fingerprint density at radius 1 is 0.966 bits per heavy atom. The molecule has 2 aromatic carbocycles. The fraction of sp³-hybridized carbons (Fsp3) is 0.333. The molecule has 0 amide bonds. The van der Waals surface area contributed by atoms with E-state index in [0.29, 0.717) is 29.4 Å². The molecular formula is C24H28N4O. The van der Waals surface area contributed by atoms with Crippen molar-refractivity contribution in [2.24, 2.45) is 0 Å². The van der Waals surface area contributed by atoms with Crippen molar-refractivity contribution >= 4 is 16.7 Å². The van der Waals surface area contributed by atoms with Crippen LogP contribution >= 0.6 is 0 Å². The van der Waals surface area contributed by atoms with E-state index in [4.69, 9.17) is 10.5 Å². The Morgan fingerprint density at radius 2 is 1.72 bits per heavy atom. The lowest BCUT2D eigenvalue weighted by molar-refractivity contribution is 0.244. The molecule has 0 unspecified atom stereocenters. The third kappa shape index (κ3) is 5.69. The van der Waals surface area contributed by atoms with E-state index in [-0.39, 0.29) is 0 Å². The van der Waals surface area contributed by atoms with Gasteiger partial charge in [0.15, 0.2) is 5.69 Å². The number of aryl methyl sites for hydroxylation is 1. The Labute approximate surface area is 172 Å². The number of nitrogens with two attached hydrogens (primary N) is 1. The SMILES string of the molecule is CCN(CC)CCCOc1nc2ccc(N)cc2nc1C#Cc1ccc(C)cc1. The number of ether oxygens (including phenoxy) is 1. The molecule has 5 heteroatoms. The van der Waals surface area contributed by atoms with Crippen LogP contribution in [0.25, 0.3) is 11.0 Å². The Morgan fingerprint density at radius 3 is 2.45 bits per heavy atom. The van der Waals surface area contributed by atoms with Crippen LogP contribution in [-0.2, 0) is 0 Å². The molecule has 3 rings (SSSR count). The maximum Gasteiger partial charge on any atom is 0.249 e. The van der Waals surface area contributed by atoms with Crippen LogP contribution in [0.5, 0.6) is 5.88 Å². The van der Waals surface area contributed by atoms with E-state index < -0.39 is 0 Å². The standard InChI is InChI=1S/C24H28N4O/c1-4-28(5-2)15-6-16-29-24-22(13-11-19-9-7-18(3)8-10-19)26-23-17-20(25)12-14-21(23)27-24/h7-10,12,14,17H,4-6,15-16,25H2,1-3H3. The van der Waals surface area contributed by atoms with Crippen molar-refractivity contribution in [3.8, 4) is 17.7 Å². The minimum Gasteiger partial charge on any atom is -0.476 e. The van der Waals surface area contributed by atoms with Gasteiger partial charge in [0.1, 0.15) is 0 Å². The van der Waals surface area contributed by atoms with Crippen molar-refractivity contribution in [3.63, 3.8) is 0 Å². The van der Waals surface area contributed by atoms with Crippen molar-refractivity contribution in [3.05, 3.63) is 59.3 Å². The number of benzene rings is 2. The minimum atomic E-state index is 0.474. The first-order chi connectivity index (χ1) is 14.1. The first kappa shape index (κ1) is 20.6. The molecule has 0 aliphatic rings. The summed E-state index contributed by atoms with van der Waals surface area (Å²) in [5.41, 5.74) is 10.7. The quantitative estimate of drug-likeness (QED) is 0.376. The summed E-state index contributed by atoms with van der Waals surface area (Å²) in [6, 6.07) is 13.6. The van der Waals surface area contributed by atoms with E-state index in [1.807, 2.05) is 42.5 Å². The Balaban J connectivity index is 1.85. The van der Waals surface area contributed by atoms with Gasteiger partial charge in [-0.3, -0.25) is 0 Å². The molecule has 5 nitrogen and oxygen atoms in total. The average molecular weight is 389 g/mol. The molecule has 1 aromatic heterocycles. The van der Waals surface area contributed by atoms with Crippen LogP contribution in [-0.4, -0.2) is 41.1 Å². The van der Waals surface area contributed by atoms with Crippen molar-refractivity contribution in [2.75, 3.05) is 32.0 Å². The van der Waals surface area contributed by atoms with Crippen LogP contribution in [0.1, 0.15) is 37.1 Å². The fourth-order valence-electron chi connectivity index (χ4n) is 3.00. The van der Waals surface area contributed by atoms with Gasteiger partial charge in [-0.1, -0.05) is 37.5 Å². The third-order valence-corrected chi connectivity index (χ3v) is 4.78. The van der Waals surface area contributed by atoms with E-state index in [1.54, 1.807) is 0 Å². The molecule has 1 heterocycles. The molecule has 0 spiro atoms. The van der Waals surface area contributed by atoms with Crippen LogP contribution in [0.4, 0.5) is 5.69 Å². The number of nitrogen functional groups attached to an aromatic ring is 1. The number of hydrogen-bond acceptors (Lipinski definition) is 5. The highest BCUT2D eigenvalue weighted by Gasteiger charge is 2.09. The second-order valence-electron chi connectivity index (χ2n) is 6.97. The molecule has 0 saturated carbocycles. The summed E-state index contributed by atoms with van der Waals surface area (Å²) in [5.74, 6) is 6.77. The molecule has 2 N–H and O–H groups in total. The lowest BCUT2D eigenvalue weighted by Crippen LogP contribution is -2.25. The zero-order chi connectivity index (χ0) is 20.6. The van der Waals surface area contributed by atoms with Gasteiger partial charge in [0, 0.05) is 17.8 Å². The van der Waals surface area contributed by atoms with E-state index in [2.05, 4.69) is 47.5 Å². The number of rotatable bonds is 7. The van der Waals surface area contributed by atoms with Gasteiger partial charge in [0.05, 0.1) is 17.6 Å². The number of anilines is 1. The second kappa shape index (κ2) is 9.90. The maximum absolute atomic E-state index is 5.99. The van der Waals surface area contributed by atoms with Crippen LogP contribution in [0.2, 0.25) is 0 Å². The normalized spacial score (nSPS) is 10.8. The first-order valence-electron chi connectivity index (χ1n) is 10.1. The number of aromatic nitrogens is 2. The smallest absolute Gasteiger partial charge is 0.249 e. The summed E-state index contributed by atoms with van der Waals surface area (Å²) in [7, 11) is 0. The summed E-state index contributed by atoms with van der Waals surface area (Å²) >= 11 is 0. The fourth-order valence-corrected chi connectivity index (χ4v) is 3.00. The topological polar surface area (TPSA) is 64.3 Å². The Kier molecular flexibility index (Phi) is 7.04. The van der Waals surface area contributed by atoms with Gasteiger partial charge < -0.3 is 15.4 Å². The number of fused-ring (bicyclic) bond motifs is 1. The lowest BCUT2D eigenvalue weighted by Gasteiger charge is -2.17. The van der Waals surface area contributed by atoms with Crippen LogP contribution in [0.15, 0.2) is 42.5 Å². The summed E-state index contributed by atoms with van der Waals surface area (Å²) in [4.78, 5) is 11.7. The van der Waals surface area contributed by atoms with Gasteiger partial charge in [0.2, 0.25) is 5.88 Å². The molecule has 0 saturated heterocycles. The average Bonchev–Trinajstić information content (AvgIpc) is 2.73. The van der Waals surface area contributed by atoms with Gasteiger partial charge in [0.25, 0.3) is 0 Å². The van der Waals surface area contributed by atoms with Gasteiger partial charge in [-0.25, -0.2) is 9.97 Å². The van der Waals surface area contributed by atoms with Crippen molar-refractivity contribution in [2.45, 2.75) is 27.2 Å². The summed E-state index contributed by atoms with van der Waals surface area (Å²) < 4.78 is 5.99. The van der Waals surface area contributed by atoms with Crippen molar-refractivity contribution < 1.29 is 4.74 Å². The third-order valence-electron chi connectivity index (χ3n) is 4.78. The summed E-state index contributed by atoms with van der Waals surface area (Å²) in [6.45, 7) is 10.1. The zero-order valence-electron chi connectivity index (χ0n) is 17.4. The zero-order valence-corrected chi connectivity index (χ0v) is 17.4. The van der Waals surface area contributed by atoms with E-state index >= 15 is 0 Å². The van der Waals surface area contributed by atoms with Gasteiger partial charge in [-0.05, 0) is 62.7 Å². The summed E-state index contributed by atoms with van der Waals surface area (Å²) in [6.07, 6.45) is 0.925. The highest BCUT2D eigenvalue weighted by Crippen LogP contribution is 2.20. The van der Waals surface area contributed by atoms with E-state index in [1.165, 1.54) is 5.56 Å². The number of hydrogen-bond donors (Lipinski definition) is 1. The maximum atomic E-state index is 5.99. The van der Waals surface area contributed by atoms with E-state index in [9.17, 15) is 0 Å². The molecule has 29 heavy (non-hydrogen) atoms. The largest absolute Gasteiger partial charge is 0.476 e.